The van der Waals surface area contributed by atoms with Gasteiger partial charge in [0.1, 0.15) is 0 Å². The molecule has 0 saturated heterocycles. The highest BCUT2D eigenvalue weighted by atomic mass is 15.0. The Balaban J connectivity index is 1.28. The molecule has 2 aromatic heterocycles. The lowest BCUT2D eigenvalue weighted by atomic mass is 9.96. The van der Waals surface area contributed by atoms with Crippen LogP contribution in [0.2, 0.25) is 0 Å². The summed E-state index contributed by atoms with van der Waals surface area (Å²) in [6.45, 7) is 0. The van der Waals surface area contributed by atoms with Gasteiger partial charge >= 0.3 is 0 Å². The van der Waals surface area contributed by atoms with E-state index in [-0.39, 0.29) is 0 Å². The summed E-state index contributed by atoms with van der Waals surface area (Å²) in [5, 5.41) is 14.6. The number of hydrogen-bond donors (Lipinski definition) is 0. The third-order valence-electron chi connectivity index (χ3n) is 9.16. The summed E-state index contributed by atoms with van der Waals surface area (Å²) in [7, 11) is 0. The summed E-state index contributed by atoms with van der Waals surface area (Å²) in [6, 6.07) is 60.2. The van der Waals surface area contributed by atoms with Gasteiger partial charge in [-0.05, 0) is 77.4 Å². The summed E-state index contributed by atoms with van der Waals surface area (Å²) in [5.41, 5.74) is 12.0. The van der Waals surface area contributed by atoms with E-state index in [2.05, 4.69) is 161 Å². The minimum atomic E-state index is 0.654. The van der Waals surface area contributed by atoms with E-state index >= 15 is 0 Å². The van der Waals surface area contributed by atoms with Crippen LogP contribution in [0.15, 0.2) is 164 Å². The van der Waals surface area contributed by atoms with E-state index in [4.69, 9.17) is 0 Å². The summed E-state index contributed by atoms with van der Waals surface area (Å²) in [6.07, 6.45) is 0. The highest BCUT2D eigenvalue weighted by molar-refractivity contribution is 6.10. The van der Waals surface area contributed by atoms with Gasteiger partial charge in [0.25, 0.3) is 0 Å². The normalized spacial score (nSPS) is 11.5. The first-order valence-electron chi connectivity index (χ1n) is 15.5. The maximum Gasteiger partial charge on any atom is 0.0991 e. The topological polar surface area (TPSA) is 33.6 Å². The van der Waals surface area contributed by atoms with Gasteiger partial charge < -0.3 is 9.13 Å². The zero-order chi connectivity index (χ0) is 30.6. The molecule has 0 radical (unpaired) electrons. The molecule has 0 bridgehead atoms. The number of nitrogens with zero attached hydrogens (tertiary/aromatic N) is 3. The second-order valence-corrected chi connectivity index (χ2v) is 11.7. The monoisotopic (exact) mass is 585 g/mol. The van der Waals surface area contributed by atoms with Gasteiger partial charge in [-0.2, -0.15) is 5.26 Å². The van der Waals surface area contributed by atoms with Crippen LogP contribution in [-0.4, -0.2) is 9.13 Å². The third kappa shape index (κ3) is 3.98. The van der Waals surface area contributed by atoms with Gasteiger partial charge in [0.2, 0.25) is 0 Å². The molecule has 0 aliphatic carbocycles. The lowest BCUT2D eigenvalue weighted by Crippen LogP contribution is -1.98. The van der Waals surface area contributed by atoms with Gasteiger partial charge in [0.15, 0.2) is 0 Å². The van der Waals surface area contributed by atoms with Crippen molar-refractivity contribution in [3.05, 3.63) is 169 Å². The molecule has 0 amide bonds. The van der Waals surface area contributed by atoms with Gasteiger partial charge in [0.05, 0.1) is 39.4 Å². The van der Waals surface area contributed by atoms with Crippen LogP contribution in [0.1, 0.15) is 5.56 Å². The lowest BCUT2D eigenvalue weighted by molar-refractivity contribution is 1.17. The van der Waals surface area contributed by atoms with Crippen molar-refractivity contribution in [2.45, 2.75) is 0 Å². The summed E-state index contributed by atoms with van der Waals surface area (Å²) < 4.78 is 4.74. The predicted octanol–water partition coefficient (Wildman–Crippen LogP) is 11.1. The zero-order valence-corrected chi connectivity index (χ0v) is 24.9. The SMILES string of the molecule is N#Cc1cccc(-c2ccc(-n3c4ccccc4c4ccccc43)c(-c3ccc(-n4c5ccccc5c5ccccc54)cc3)c2)c1. The molecule has 3 nitrogen and oxygen atoms in total. The largest absolute Gasteiger partial charge is 0.309 e. The van der Waals surface area contributed by atoms with Crippen LogP contribution in [0.25, 0.3) is 77.2 Å². The fourth-order valence-electron chi connectivity index (χ4n) is 7.08. The first-order chi connectivity index (χ1) is 22.8. The predicted molar refractivity (Wildman–Crippen MR) is 191 cm³/mol. The van der Waals surface area contributed by atoms with E-state index in [1.807, 2.05) is 18.2 Å². The number of nitriles is 1. The fraction of sp³-hybridized carbons (Fsp3) is 0. The Bertz CT molecular complexity index is 2540. The van der Waals surface area contributed by atoms with E-state index in [1.165, 1.54) is 43.6 Å². The fourth-order valence-corrected chi connectivity index (χ4v) is 7.08. The molecule has 214 valence electrons. The van der Waals surface area contributed by atoms with Crippen molar-refractivity contribution in [3.63, 3.8) is 0 Å². The number of aromatic nitrogens is 2. The van der Waals surface area contributed by atoms with E-state index in [0.717, 1.165) is 33.6 Å². The molecule has 46 heavy (non-hydrogen) atoms. The van der Waals surface area contributed by atoms with E-state index in [0.29, 0.717) is 5.56 Å². The van der Waals surface area contributed by atoms with Gasteiger partial charge in [0, 0.05) is 32.8 Å². The van der Waals surface area contributed by atoms with Gasteiger partial charge in [-0.25, -0.2) is 0 Å². The molecule has 9 aromatic rings. The molecule has 0 spiro atoms. The molecular weight excluding hydrogens is 558 g/mol. The molecule has 0 N–H and O–H groups in total. The number of hydrogen-bond acceptors (Lipinski definition) is 1. The number of fused-ring (bicyclic) bond motifs is 6. The summed E-state index contributed by atoms with van der Waals surface area (Å²) in [5.74, 6) is 0. The third-order valence-corrected chi connectivity index (χ3v) is 9.16. The average molecular weight is 586 g/mol. The van der Waals surface area contributed by atoms with Crippen molar-refractivity contribution in [2.24, 2.45) is 0 Å². The molecular formula is C43H27N3. The smallest absolute Gasteiger partial charge is 0.0991 e. The van der Waals surface area contributed by atoms with Crippen LogP contribution in [0, 0.1) is 11.3 Å². The summed E-state index contributed by atoms with van der Waals surface area (Å²) in [4.78, 5) is 0. The molecule has 0 saturated carbocycles. The number of rotatable bonds is 4. The Labute approximate surface area is 266 Å². The van der Waals surface area contributed by atoms with Crippen LogP contribution in [0.4, 0.5) is 0 Å². The highest BCUT2D eigenvalue weighted by Crippen LogP contribution is 2.39. The maximum absolute atomic E-state index is 9.59. The average Bonchev–Trinajstić information content (AvgIpc) is 3.65. The van der Waals surface area contributed by atoms with Gasteiger partial charge in [-0.1, -0.05) is 103 Å². The highest BCUT2D eigenvalue weighted by Gasteiger charge is 2.17. The molecule has 0 aliphatic heterocycles. The molecule has 3 heteroatoms. The van der Waals surface area contributed by atoms with E-state index < -0.39 is 0 Å². The Morgan fingerprint density at radius 1 is 0.391 bits per heavy atom. The van der Waals surface area contributed by atoms with Crippen LogP contribution in [0.3, 0.4) is 0 Å². The second-order valence-electron chi connectivity index (χ2n) is 11.7. The Morgan fingerprint density at radius 2 is 0.870 bits per heavy atom. The Morgan fingerprint density at radius 3 is 1.41 bits per heavy atom. The maximum atomic E-state index is 9.59. The molecule has 0 atom stereocenters. The van der Waals surface area contributed by atoms with Gasteiger partial charge in [-0.15, -0.1) is 0 Å². The van der Waals surface area contributed by atoms with Crippen molar-refractivity contribution in [3.8, 4) is 39.7 Å². The van der Waals surface area contributed by atoms with E-state index in [9.17, 15) is 5.26 Å². The Hall–Kier alpha value is -6.37. The van der Waals surface area contributed by atoms with Gasteiger partial charge in [-0.3, -0.25) is 0 Å². The van der Waals surface area contributed by atoms with Crippen molar-refractivity contribution in [1.82, 2.24) is 9.13 Å². The first-order valence-corrected chi connectivity index (χ1v) is 15.5. The minimum Gasteiger partial charge on any atom is -0.309 e. The van der Waals surface area contributed by atoms with Crippen LogP contribution < -0.4 is 0 Å². The van der Waals surface area contributed by atoms with Crippen LogP contribution in [-0.2, 0) is 0 Å². The van der Waals surface area contributed by atoms with Crippen LogP contribution >= 0.6 is 0 Å². The van der Waals surface area contributed by atoms with E-state index in [1.54, 1.807) is 0 Å². The minimum absolute atomic E-state index is 0.654. The number of benzene rings is 7. The molecule has 0 fully saturated rings. The van der Waals surface area contributed by atoms with Crippen molar-refractivity contribution in [2.75, 3.05) is 0 Å². The molecule has 0 aliphatic rings. The molecule has 0 unspecified atom stereocenters. The van der Waals surface area contributed by atoms with Crippen molar-refractivity contribution >= 4 is 43.6 Å². The Kier molecular flexibility index (Phi) is 5.88. The summed E-state index contributed by atoms with van der Waals surface area (Å²) >= 11 is 0. The number of para-hydroxylation sites is 4. The standard InChI is InChI=1S/C43H27N3/c44-28-29-10-9-11-31(26-29)32-22-25-43(46-41-18-7-3-14-36(41)37-15-4-8-19-42(37)46)38(27-32)30-20-23-33(24-21-30)45-39-16-5-1-12-34(39)35-13-2-6-17-40(35)45/h1-27H. The molecule has 9 rings (SSSR count). The second kappa shape index (κ2) is 10.4. The zero-order valence-electron chi connectivity index (χ0n) is 24.9. The quantitative estimate of drug-likeness (QED) is 0.202. The van der Waals surface area contributed by atoms with Crippen molar-refractivity contribution in [1.29, 1.82) is 5.26 Å². The van der Waals surface area contributed by atoms with Crippen molar-refractivity contribution < 1.29 is 0 Å². The first kappa shape index (κ1) is 26.1. The van der Waals surface area contributed by atoms with Crippen LogP contribution in [0.5, 0.6) is 0 Å². The molecule has 7 aromatic carbocycles. The lowest BCUT2D eigenvalue weighted by Gasteiger charge is -2.17. The molecule has 2 heterocycles.